The molecule has 0 bridgehead atoms. The molecule has 28 heavy (non-hydrogen) atoms. The molecule has 2 fully saturated rings. The van der Waals surface area contributed by atoms with Gasteiger partial charge in [-0.3, -0.25) is 4.79 Å². The van der Waals surface area contributed by atoms with Gasteiger partial charge in [0.1, 0.15) is 11.6 Å². The highest BCUT2D eigenvalue weighted by atomic mass is 19.1. The van der Waals surface area contributed by atoms with E-state index in [1.165, 1.54) is 18.2 Å². The van der Waals surface area contributed by atoms with Crippen LogP contribution in [-0.2, 0) is 11.3 Å². The average molecular weight is 389 g/mol. The molecule has 2 aliphatic rings. The average Bonchev–Trinajstić information content (AvgIpc) is 3.36. The molecule has 1 saturated carbocycles. The van der Waals surface area contributed by atoms with Crippen LogP contribution < -0.4 is 10.5 Å². The maximum absolute atomic E-state index is 13.0. The number of carbonyl (C=O) groups is 2. The normalized spacial score (nSPS) is 23.5. The second-order valence-electron chi connectivity index (χ2n) is 7.19. The molecule has 0 spiro atoms. The Hall–Kier alpha value is -3.10. The number of amides is 2. The number of aromatic nitrogens is 1. The van der Waals surface area contributed by atoms with Crippen molar-refractivity contribution < 1.29 is 28.0 Å². The van der Waals surface area contributed by atoms with Crippen LogP contribution in [0.15, 0.2) is 34.9 Å². The first-order valence-corrected chi connectivity index (χ1v) is 9.07. The Bertz CT molecular complexity index is 855. The van der Waals surface area contributed by atoms with Crippen molar-refractivity contribution >= 4 is 12.0 Å². The first kappa shape index (κ1) is 18.3. The van der Waals surface area contributed by atoms with E-state index in [-0.39, 0.29) is 30.0 Å². The molecule has 8 nitrogen and oxygen atoms in total. The minimum absolute atomic E-state index is 0.00560. The molecule has 9 heteroatoms. The van der Waals surface area contributed by atoms with Crippen LogP contribution in [-0.4, -0.2) is 41.3 Å². The summed E-state index contributed by atoms with van der Waals surface area (Å²) >= 11 is 0. The predicted octanol–water partition coefficient (Wildman–Crippen LogP) is 2.34. The van der Waals surface area contributed by atoms with Crippen molar-refractivity contribution in [3.63, 3.8) is 0 Å². The Kier molecular flexibility index (Phi) is 4.89. The number of fused-ring (bicyclic) bond motifs is 1. The zero-order valence-corrected chi connectivity index (χ0v) is 15.0. The number of nitrogens with two attached hydrogens (primary N) is 1. The fourth-order valence-electron chi connectivity index (χ4n) is 3.92. The number of primary amides is 1. The second kappa shape index (κ2) is 7.49. The van der Waals surface area contributed by atoms with E-state index < -0.39 is 12.0 Å². The lowest BCUT2D eigenvalue weighted by atomic mass is 10.0. The lowest BCUT2D eigenvalue weighted by Crippen LogP contribution is -2.31. The first-order valence-electron chi connectivity index (χ1n) is 9.07. The molecule has 3 atom stereocenters. The van der Waals surface area contributed by atoms with E-state index in [4.69, 9.17) is 19.7 Å². The van der Waals surface area contributed by atoms with E-state index >= 15 is 0 Å². The van der Waals surface area contributed by atoms with Crippen molar-refractivity contribution in [1.29, 1.82) is 0 Å². The number of nitrogens with zero attached hydrogens (tertiary/aromatic N) is 2. The maximum Gasteiger partial charge on any atom is 0.410 e. The summed E-state index contributed by atoms with van der Waals surface area (Å²) in [4.78, 5) is 24.9. The smallest absolute Gasteiger partial charge is 0.410 e. The van der Waals surface area contributed by atoms with E-state index in [1.807, 2.05) is 0 Å². The zero-order chi connectivity index (χ0) is 19.7. The van der Waals surface area contributed by atoms with Crippen LogP contribution in [0, 0.1) is 17.7 Å². The number of carbonyl (C=O) groups excluding carboxylic acids is 2. The van der Waals surface area contributed by atoms with Crippen LogP contribution in [0.4, 0.5) is 9.18 Å². The molecule has 2 amide bonds. The Balaban J connectivity index is 1.24. The monoisotopic (exact) mass is 389 g/mol. The minimum Gasteiger partial charge on any atom is -0.490 e. The molecule has 2 aromatic rings. The van der Waals surface area contributed by atoms with Gasteiger partial charge < -0.3 is 24.6 Å². The molecule has 0 radical (unpaired) electrons. The Morgan fingerprint density at radius 2 is 1.89 bits per heavy atom. The van der Waals surface area contributed by atoms with Gasteiger partial charge in [-0.05, 0) is 48.9 Å². The van der Waals surface area contributed by atoms with Crippen LogP contribution in [0.3, 0.4) is 0 Å². The van der Waals surface area contributed by atoms with E-state index in [9.17, 15) is 14.0 Å². The van der Waals surface area contributed by atoms with Crippen molar-refractivity contribution in [3.05, 3.63) is 47.6 Å². The highest BCUT2D eigenvalue weighted by Crippen LogP contribution is 2.40. The van der Waals surface area contributed by atoms with Crippen LogP contribution in [0.1, 0.15) is 29.1 Å². The van der Waals surface area contributed by atoms with Crippen molar-refractivity contribution in [2.45, 2.75) is 25.6 Å². The van der Waals surface area contributed by atoms with Gasteiger partial charge in [0.05, 0.1) is 6.10 Å². The Morgan fingerprint density at radius 3 is 2.50 bits per heavy atom. The molecule has 2 heterocycles. The van der Waals surface area contributed by atoms with Crippen LogP contribution in [0.25, 0.3) is 0 Å². The van der Waals surface area contributed by atoms with Gasteiger partial charge in [0.2, 0.25) is 0 Å². The van der Waals surface area contributed by atoms with Crippen molar-refractivity contribution in [2.75, 3.05) is 13.1 Å². The first-order chi connectivity index (χ1) is 13.5. The largest absolute Gasteiger partial charge is 0.490 e. The molecule has 1 aromatic heterocycles. The zero-order valence-electron chi connectivity index (χ0n) is 15.0. The van der Waals surface area contributed by atoms with Gasteiger partial charge in [-0.2, -0.15) is 0 Å². The summed E-state index contributed by atoms with van der Waals surface area (Å²) in [6, 6.07) is 7.36. The lowest BCUT2D eigenvalue weighted by molar-refractivity contribution is 0.0899. The lowest BCUT2D eigenvalue weighted by Gasteiger charge is -2.19. The Labute approximate surface area is 160 Å². The van der Waals surface area contributed by atoms with Crippen LogP contribution in [0.2, 0.25) is 0 Å². The van der Waals surface area contributed by atoms with Gasteiger partial charge in [-0.1, -0.05) is 5.16 Å². The van der Waals surface area contributed by atoms with Gasteiger partial charge in [0.25, 0.3) is 5.91 Å². The molecule has 4 rings (SSSR count). The Morgan fingerprint density at radius 1 is 1.21 bits per heavy atom. The van der Waals surface area contributed by atoms with Gasteiger partial charge in [-0.15, -0.1) is 0 Å². The molecule has 148 valence electrons. The summed E-state index contributed by atoms with van der Waals surface area (Å²) in [6.07, 6.45) is 1.33. The van der Waals surface area contributed by atoms with E-state index in [0.717, 1.165) is 12.8 Å². The number of rotatable bonds is 5. The minimum atomic E-state index is -0.703. The molecule has 1 saturated heterocycles. The fourth-order valence-corrected chi connectivity index (χ4v) is 3.92. The number of benzene rings is 1. The summed E-state index contributed by atoms with van der Waals surface area (Å²) < 4.78 is 29.1. The quantitative estimate of drug-likeness (QED) is 0.841. The highest BCUT2D eigenvalue weighted by molar-refractivity contribution is 5.90. The number of hydrogen-bond acceptors (Lipinski definition) is 6. The van der Waals surface area contributed by atoms with E-state index in [1.54, 1.807) is 17.0 Å². The van der Waals surface area contributed by atoms with Crippen LogP contribution in [0.5, 0.6) is 5.75 Å². The standard InChI is InChI=1S/C19H20FN3O5/c20-13-1-3-14(4-2-13)27-15-5-11-8-23(9-12(11)6-15)19(25)26-10-16-7-17(18(21)24)22-28-16/h1-4,7,11-12,15H,5-6,8-10H2,(H2,21,24)/t11-,12+,15?. The summed E-state index contributed by atoms with van der Waals surface area (Å²) in [5, 5.41) is 3.50. The van der Waals surface area contributed by atoms with Crippen molar-refractivity contribution in [3.8, 4) is 5.75 Å². The van der Waals surface area contributed by atoms with Gasteiger partial charge in [0, 0.05) is 19.2 Å². The maximum atomic E-state index is 13.0. The van der Waals surface area contributed by atoms with Crippen LogP contribution >= 0.6 is 0 Å². The number of likely N-dealkylation sites (tertiary alicyclic amines) is 1. The molecule has 1 aliphatic heterocycles. The van der Waals surface area contributed by atoms with E-state index in [2.05, 4.69) is 5.16 Å². The highest BCUT2D eigenvalue weighted by Gasteiger charge is 2.43. The summed E-state index contributed by atoms with van der Waals surface area (Å²) in [7, 11) is 0. The third kappa shape index (κ3) is 3.92. The fraction of sp³-hybridized carbons (Fsp3) is 0.421. The molecule has 1 aliphatic carbocycles. The summed E-state index contributed by atoms with van der Waals surface area (Å²) in [5.41, 5.74) is 5.09. The van der Waals surface area contributed by atoms with Gasteiger partial charge >= 0.3 is 6.09 Å². The second-order valence-corrected chi connectivity index (χ2v) is 7.19. The van der Waals surface area contributed by atoms with Crippen molar-refractivity contribution in [1.82, 2.24) is 10.1 Å². The SMILES string of the molecule is NC(=O)c1cc(COC(=O)N2C[C@H]3CC(Oc4ccc(F)cc4)C[C@H]3C2)on1. The molecular formula is C19H20FN3O5. The molecule has 1 unspecified atom stereocenters. The third-order valence-electron chi connectivity index (χ3n) is 5.23. The van der Waals surface area contributed by atoms with Gasteiger partial charge in [-0.25, -0.2) is 9.18 Å². The van der Waals surface area contributed by atoms with Crippen molar-refractivity contribution in [2.24, 2.45) is 17.6 Å². The topological polar surface area (TPSA) is 108 Å². The summed E-state index contributed by atoms with van der Waals surface area (Å²) in [5.74, 6) is 0.626. The number of halogens is 1. The number of hydrogen-bond donors (Lipinski definition) is 1. The summed E-state index contributed by atoms with van der Waals surface area (Å²) in [6.45, 7) is 1.10. The molecular weight excluding hydrogens is 369 g/mol. The molecule has 2 N–H and O–H groups in total. The molecule has 1 aromatic carbocycles. The third-order valence-corrected chi connectivity index (χ3v) is 5.23. The van der Waals surface area contributed by atoms with E-state index in [0.29, 0.717) is 30.7 Å². The van der Waals surface area contributed by atoms with Gasteiger partial charge in [0.15, 0.2) is 18.1 Å². The number of ether oxygens (including phenoxy) is 2. The predicted molar refractivity (Wildman–Crippen MR) is 93.8 cm³/mol.